The van der Waals surface area contributed by atoms with Crippen LogP contribution in [0.3, 0.4) is 0 Å². The van der Waals surface area contributed by atoms with E-state index >= 15 is 0 Å². The Morgan fingerprint density at radius 1 is 0.971 bits per heavy atom. The van der Waals surface area contributed by atoms with Gasteiger partial charge in [0.05, 0.1) is 19.1 Å². The fourth-order valence-corrected chi connectivity index (χ4v) is 5.38. The molecule has 0 saturated heterocycles. The molecule has 7 heteroatoms. The van der Waals surface area contributed by atoms with Crippen molar-refractivity contribution in [1.29, 1.82) is 0 Å². The molecule has 0 aliphatic heterocycles. The first-order valence-electron chi connectivity index (χ1n) is 11.4. The van der Waals surface area contributed by atoms with E-state index in [-0.39, 0.29) is 12.1 Å². The van der Waals surface area contributed by atoms with E-state index in [0.717, 1.165) is 39.3 Å². The molecule has 5 rings (SSSR count). The molecule has 1 N–H and O–H groups in total. The van der Waals surface area contributed by atoms with E-state index < -0.39 is 11.5 Å². The Hall–Kier alpha value is -3.84. The maximum Gasteiger partial charge on any atom is 0.412 e. The second kappa shape index (κ2) is 9.43. The van der Waals surface area contributed by atoms with E-state index in [2.05, 4.69) is 5.32 Å². The highest BCUT2D eigenvalue weighted by Crippen LogP contribution is 2.52. The van der Waals surface area contributed by atoms with Crippen LogP contribution in [0.5, 0.6) is 0 Å². The number of carbonyl (C=O) groups is 2. The smallest absolute Gasteiger partial charge is 0.412 e. The molecule has 0 unspecified atom stereocenters. The molecule has 1 aliphatic rings. The van der Waals surface area contributed by atoms with Crippen LogP contribution in [0.1, 0.15) is 36.3 Å². The van der Waals surface area contributed by atoms with Gasteiger partial charge in [-0.2, -0.15) is 0 Å². The van der Waals surface area contributed by atoms with Gasteiger partial charge in [0.25, 0.3) is 0 Å². The van der Waals surface area contributed by atoms with Crippen LogP contribution in [0.25, 0.3) is 21.8 Å². The summed E-state index contributed by atoms with van der Waals surface area (Å²) >= 11 is 1.62. The Morgan fingerprint density at radius 3 is 2.37 bits per heavy atom. The van der Waals surface area contributed by atoms with Crippen molar-refractivity contribution in [3.8, 4) is 21.8 Å². The molecule has 1 fully saturated rings. The molecule has 0 radical (unpaired) electrons. The van der Waals surface area contributed by atoms with E-state index in [0.29, 0.717) is 11.4 Å². The number of nitrogens with one attached hydrogen (secondary N) is 1. The van der Waals surface area contributed by atoms with Crippen molar-refractivity contribution < 1.29 is 23.5 Å². The molecule has 0 spiro atoms. The predicted octanol–water partition coefficient (Wildman–Crippen LogP) is 7.19. The Morgan fingerprint density at radius 2 is 1.69 bits per heavy atom. The minimum absolute atomic E-state index is 0.157. The average Bonchev–Trinajstić information content (AvgIpc) is 3.31. The van der Waals surface area contributed by atoms with Gasteiger partial charge in [0, 0.05) is 21.4 Å². The van der Waals surface area contributed by atoms with Crippen molar-refractivity contribution in [3.63, 3.8) is 0 Å². The first-order valence-corrected chi connectivity index (χ1v) is 12.2. The monoisotopic (exact) mass is 487 g/mol. The summed E-state index contributed by atoms with van der Waals surface area (Å²) in [6.45, 7) is 1.83. The van der Waals surface area contributed by atoms with Crippen molar-refractivity contribution in [2.75, 3.05) is 12.4 Å². The number of furan rings is 1. The van der Waals surface area contributed by atoms with Crippen LogP contribution >= 0.6 is 11.3 Å². The van der Waals surface area contributed by atoms with Gasteiger partial charge in [-0.1, -0.05) is 54.6 Å². The molecule has 35 heavy (non-hydrogen) atoms. The molecule has 4 aromatic rings. The number of carbonyl (C=O) groups excluding carboxylic acids is 2. The lowest BCUT2D eigenvalue weighted by Gasteiger charge is -2.14. The number of ether oxygens (including phenoxy) is 2. The molecule has 1 saturated carbocycles. The van der Waals surface area contributed by atoms with Gasteiger partial charge < -0.3 is 13.9 Å². The van der Waals surface area contributed by atoms with Gasteiger partial charge in [-0.05, 0) is 43.0 Å². The number of methoxy groups -OCH3 is 1. The van der Waals surface area contributed by atoms with Crippen LogP contribution in [0.4, 0.5) is 10.5 Å². The number of anilines is 1. The number of hydrogen-bond acceptors (Lipinski definition) is 6. The Kier molecular flexibility index (Phi) is 6.17. The van der Waals surface area contributed by atoms with Crippen molar-refractivity contribution >= 4 is 29.1 Å². The highest BCUT2D eigenvalue weighted by Gasteiger charge is 2.53. The average molecular weight is 488 g/mol. The number of esters is 1. The lowest BCUT2D eigenvalue weighted by atomic mass is 10.1. The maximum atomic E-state index is 12.5. The first-order chi connectivity index (χ1) is 17.0. The van der Waals surface area contributed by atoms with Crippen LogP contribution in [-0.4, -0.2) is 19.2 Å². The zero-order valence-corrected chi connectivity index (χ0v) is 20.3. The summed E-state index contributed by atoms with van der Waals surface area (Å²) in [6.07, 6.45) is 2.27. The Bertz CT molecular complexity index is 1340. The summed E-state index contributed by atoms with van der Waals surface area (Å²) in [5.41, 5.74) is 2.87. The predicted molar refractivity (Wildman–Crippen MR) is 135 cm³/mol. The largest absolute Gasteiger partial charge is 0.468 e. The summed E-state index contributed by atoms with van der Waals surface area (Å²) < 4.78 is 16.2. The molecule has 2 aromatic carbocycles. The molecule has 0 bridgehead atoms. The first kappa shape index (κ1) is 22.9. The number of rotatable bonds is 7. The van der Waals surface area contributed by atoms with Crippen molar-refractivity contribution in [1.82, 2.24) is 0 Å². The van der Waals surface area contributed by atoms with Gasteiger partial charge in [0.1, 0.15) is 11.5 Å². The highest BCUT2D eigenvalue weighted by atomic mass is 32.1. The lowest BCUT2D eigenvalue weighted by molar-refractivity contribution is -0.143. The number of amides is 1. The fraction of sp³-hybridized carbons (Fsp3) is 0.214. The van der Waals surface area contributed by atoms with Gasteiger partial charge >= 0.3 is 12.1 Å². The van der Waals surface area contributed by atoms with Crippen LogP contribution in [0.15, 0.2) is 83.5 Å². The molecule has 6 nitrogen and oxygen atoms in total. The molecule has 1 atom stereocenters. The van der Waals surface area contributed by atoms with Gasteiger partial charge in [0.2, 0.25) is 0 Å². The Labute approximate surface area is 207 Å². The third-order valence-corrected chi connectivity index (χ3v) is 7.63. The molecule has 1 amide bonds. The second-order valence-corrected chi connectivity index (χ2v) is 9.65. The van der Waals surface area contributed by atoms with Gasteiger partial charge in [0.15, 0.2) is 5.76 Å². The fourth-order valence-electron chi connectivity index (χ4n) is 4.13. The molecule has 1 aliphatic carbocycles. The zero-order chi connectivity index (χ0) is 24.4. The normalized spacial score (nSPS) is 14.7. The number of hydrogen-bond donors (Lipinski definition) is 1. The maximum absolute atomic E-state index is 12.5. The summed E-state index contributed by atoms with van der Waals surface area (Å²) in [5.74, 6) is 0.395. The van der Waals surface area contributed by atoms with Crippen molar-refractivity contribution in [2.24, 2.45) is 0 Å². The van der Waals surface area contributed by atoms with Crippen LogP contribution in [-0.2, 0) is 19.7 Å². The van der Waals surface area contributed by atoms with Gasteiger partial charge in [-0.15, -0.1) is 11.3 Å². The third-order valence-electron chi connectivity index (χ3n) is 6.29. The molecular formula is C28H25NO5S. The summed E-state index contributed by atoms with van der Waals surface area (Å²) in [6, 6.07) is 23.2. The summed E-state index contributed by atoms with van der Waals surface area (Å²) in [4.78, 5) is 26.8. The standard InChI is InChI=1S/C28H25NO5S/c1-18(19-6-4-3-5-7-19)34-27(31)29-22-14-17-33-25(22)21-10-8-20(9-11-21)23-12-13-24(35-23)28(15-16-28)26(30)32-2/h3-14,17-18H,15-16H2,1-2H3,(H,29,31)/t18-/m1/s1. The van der Waals surface area contributed by atoms with Crippen LogP contribution in [0.2, 0.25) is 0 Å². The van der Waals surface area contributed by atoms with Gasteiger partial charge in [-0.25, -0.2) is 4.79 Å². The second-order valence-electron chi connectivity index (χ2n) is 8.56. The minimum atomic E-state index is -0.550. The van der Waals surface area contributed by atoms with E-state index in [1.165, 1.54) is 13.4 Å². The third kappa shape index (κ3) is 4.59. The minimum Gasteiger partial charge on any atom is -0.468 e. The van der Waals surface area contributed by atoms with E-state index in [9.17, 15) is 9.59 Å². The zero-order valence-electron chi connectivity index (χ0n) is 19.4. The molecule has 2 aromatic heterocycles. The SMILES string of the molecule is COC(=O)C1(c2ccc(-c3ccc(-c4occc4NC(=O)O[C@H](C)c4ccccc4)cc3)s2)CC1. The molecule has 2 heterocycles. The summed E-state index contributed by atoms with van der Waals surface area (Å²) in [7, 11) is 1.44. The highest BCUT2D eigenvalue weighted by molar-refractivity contribution is 7.15. The molecule has 178 valence electrons. The summed E-state index contributed by atoms with van der Waals surface area (Å²) in [5, 5.41) is 2.78. The Balaban J connectivity index is 1.28. The van der Waals surface area contributed by atoms with E-state index in [1.54, 1.807) is 17.4 Å². The van der Waals surface area contributed by atoms with Crippen molar-refractivity contribution in [3.05, 3.63) is 89.5 Å². The molecular weight excluding hydrogens is 462 g/mol. The van der Waals surface area contributed by atoms with Crippen LogP contribution < -0.4 is 5.32 Å². The topological polar surface area (TPSA) is 77.8 Å². The van der Waals surface area contributed by atoms with E-state index in [4.69, 9.17) is 13.9 Å². The van der Waals surface area contributed by atoms with Gasteiger partial charge in [-0.3, -0.25) is 10.1 Å². The number of thiophene rings is 1. The van der Waals surface area contributed by atoms with Crippen molar-refractivity contribution in [2.45, 2.75) is 31.3 Å². The van der Waals surface area contributed by atoms with E-state index in [1.807, 2.05) is 73.7 Å². The lowest BCUT2D eigenvalue weighted by Crippen LogP contribution is -2.20. The van der Waals surface area contributed by atoms with Crippen LogP contribution in [0, 0.1) is 0 Å². The number of benzene rings is 2. The quantitative estimate of drug-likeness (QED) is 0.279.